The van der Waals surface area contributed by atoms with Gasteiger partial charge in [-0.05, 0) is 31.6 Å². The highest BCUT2D eigenvalue weighted by atomic mass is 32.2. The van der Waals surface area contributed by atoms with Gasteiger partial charge in [-0.15, -0.1) is 0 Å². The van der Waals surface area contributed by atoms with Crippen molar-refractivity contribution in [2.75, 3.05) is 19.6 Å². The second-order valence-electron chi connectivity index (χ2n) is 4.99. The van der Waals surface area contributed by atoms with E-state index in [1.165, 1.54) is 4.31 Å². The smallest absolute Gasteiger partial charge is 0.197 e. The standard InChI is InChI=1S/C11H19N3O2S/c1-10-4-7-13(8-5-10)17(15,16)14-6-2-3-11(14)9-12/h10-11H,2-8H2,1H3. The second-order valence-corrected chi connectivity index (χ2v) is 6.87. The summed E-state index contributed by atoms with van der Waals surface area (Å²) < 4.78 is 27.7. The van der Waals surface area contributed by atoms with E-state index in [-0.39, 0.29) is 0 Å². The Morgan fingerprint density at radius 2 is 1.82 bits per heavy atom. The molecule has 0 aromatic heterocycles. The number of piperidine rings is 1. The van der Waals surface area contributed by atoms with Crippen LogP contribution in [0.1, 0.15) is 32.6 Å². The molecule has 0 radical (unpaired) electrons. The van der Waals surface area contributed by atoms with Crippen molar-refractivity contribution in [1.82, 2.24) is 8.61 Å². The van der Waals surface area contributed by atoms with Crippen LogP contribution in [0.5, 0.6) is 0 Å². The summed E-state index contributed by atoms with van der Waals surface area (Å²) in [5.41, 5.74) is 0. The van der Waals surface area contributed by atoms with Crippen molar-refractivity contribution in [3.8, 4) is 6.07 Å². The molecule has 96 valence electrons. The van der Waals surface area contributed by atoms with Crippen LogP contribution < -0.4 is 0 Å². The maximum Gasteiger partial charge on any atom is 0.283 e. The lowest BCUT2D eigenvalue weighted by Gasteiger charge is -2.33. The van der Waals surface area contributed by atoms with Gasteiger partial charge in [0.25, 0.3) is 10.2 Å². The molecule has 0 amide bonds. The minimum Gasteiger partial charge on any atom is -0.197 e. The van der Waals surface area contributed by atoms with E-state index in [9.17, 15) is 8.42 Å². The van der Waals surface area contributed by atoms with E-state index >= 15 is 0 Å². The molecular weight excluding hydrogens is 238 g/mol. The zero-order valence-corrected chi connectivity index (χ0v) is 11.0. The average Bonchev–Trinajstić information content (AvgIpc) is 2.78. The minimum atomic E-state index is -3.40. The highest BCUT2D eigenvalue weighted by Crippen LogP contribution is 2.26. The fourth-order valence-corrected chi connectivity index (χ4v) is 4.31. The summed E-state index contributed by atoms with van der Waals surface area (Å²) in [5, 5.41) is 8.97. The molecule has 1 atom stereocenters. The third-order valence-electron chi connectivity index (χ3n) is 3.72. The molecule has 0 aromatic rings. The second kappa shape index (κ2) is 4.92. The molecule has 2 aliphatic heterocycles. The molecule has 5 nitrogen and oxygen atoms in total. The van der Waals surface area contributed by atoms with Gasteiger partial charge in [-0.2, -0.15) is 22.3 Å². The van der Waals surface area contributed by atoms with Crippen molar-refractivity contribution < 1.29 is 8.42 Å². The van der Waals surface area contributed by atoms with Crippen LogP contribution in [0.2, 0.25) is 0 Å². The van der Waals surface area contributed by atoms with E-state index in [0.717, 1.165) is 19.3 Å². The molecule has 2 heterocycles. The molecule has 2 aliphatic rings. The summed E-state index contributed by atoms with van der Waals surface area (Å²) in [6.45, 7) is 3.83. The Labute approximate surface area is 103 Å². The predicted molar refractivity (Wildman–Crippen MR) is 64.2 cm³/mol. The highest BCUT2D eigenvalue weighted by molar-refractivity contribution is 7.86. The van der Waals surface area contributed by atoms with E-state index in [1.807, 2.05) is 0 Å². The summed E-state index contributed by atoms with van der Waals surface area (Å²) in [7, 11) is -3.40. The van der Waals surface area contributed by atoms with Gasteiger partial charge in [0.15, 0.2) is 0 Å². The fraction of sp³-hybridized carbons (Fsp3) is 0.909. The van der Waals surface area contributed by atoms with Gasteiger partial charge in [-0.1, -0.05) is 6.92 Å². The lowest BCUT2D eigenvalue weighted by molar-refractivity contribution is 0.266. The van der Waals surface area contributed by atoms with Crippen molar-refractivity contribution in [2.24, 2.45) is 5.92 Å². The molecule has 0 aliphatic carbocycles. The maximum atomic E-state index is 12.4. The van der Waals surface area contributed by atoms with Gasteiger partial charge in [0.2, 0.25) is 0 Å². The Morgan fingerprint density at radius 1 is 1.18 bits per heavy atom. The Balaban J connectivity index is 2.11. The van der Waals surface area contributed by atoms with Crippen LogP contribution >= 0.6 is 0 Å². The molecule has 0 bridgehead atoms. The summed E-state index contributed by atoms with van der Waals surface area (Å²) in [6, 6.07) is 1.63. The summed E-state index contributed by atoms with van der Waals surface area (Å²) in [6.07, 6.45) is 3.30. The normalized spacial score (nSPS) is 29.3. The van der Waals surface area contributed by atoms with Gasteiger partial charge in [0.05, 0.1) is 6.07 Å². The molecule has 0 N–H and O–H groups in total. The Hall–Kier alpha value is -0.640. The molecule has 17 heavy (non-hydrogen) atoms. The Bertz CT molecular complexity index is 407. The van der Waals surface area contributed by atoms with E-state index < -0.39 is 16.3 Å². The van der Waals surface area contributed by atoms with Crippen molar-refractivity contribution >= 4 is 10.2 Å². The maximum absolute atomic E-state index is 12.4. The lowest BCUT2D eigenvalue weighted by atomic mass is 10.0. The molecule has 0 spiro atoms. The van der Waals surface area contributed by atoms with Crippen LogP contribution in [0, 0.1) is 17.2 Å². The first-order valence-corrected chi connectivity index (χ1v) is 7.62. The minimum absolute atomic E-state index is 0.459. The lowest BCUT2D eigenvalue weighted by Crippen LogP contribution is -2.48. The Morgan fingerprint density at radius 3 is 2.41 bits per heavy atom. The molecular formula is C11H19N3O2S. The van der Waals surface area contributed by atoms with Crippen molar-refractivity contribution in [3.63, 3.8) is 0 Å². The number of nitrogens with zero attached hydrogens (tertiary/aromatic N) is 3. The molecule has 2 fully saturated rings. The van der Waals surface area contributed by atoms with E-state index in [2.05, 4.69) is 13.0 Å². The van der Waals surface area contributed by atoms with Gasteiger partial charge in [-0.25, -0.2) is 0 Å². The highest BCUT2D eigenvalue weighted by Gasteiger charge is 2.39. The molecule has 1 unspecified atom stereocenters. The van der Waals surface area contributed by atoms with Crippen LogP contribution in [0.15, 0.2) is 0 Å². The van der Waals surface area contributed by atoms with Gasteiger partial charge in [0, 0.05) is 19.6 Å². The first-order chi connectivity index (χ1) is 8.05. The molecule has 6 heteroatoms. The van der Waals surface area contributed by atoms with Crippen LogP contribution in [0.3, 0.4) is 0 Å². The summed E-state index contributed by atoms with van der Waals surface area (Å²) in [5.74, 6) is 0.604. The third kappa shape index (κ3) is 2.46. The van der Waals surface area contributed by atoms with E-state index in [4.69, 9.17) is 5.26 Å². The molecule has 2 rings (SSSR count). The van der Waals surface area contributed by atoms with E-state index in [1.54, 1.807) is 4.31 Å². The van der Waals surface area contributed by atoms with Crippen molar-refractivity contribution in [1.29, 1.82) is 5.26 Å². The largest absolute Gasteiger partial charge is 0.283 e. The summed E-state index contributed by atoms with van der Waals surface area (Å²) in [4.78, 5) is 0. The zero-order valence-electron chi connectivity index (χ0n) is 10.2. The first-order valence-electron chi connectivity index (χ1n) is 6.22. The average molecular weight is 257 g/mol. The van der Waals surface area contributed by atoms with Gasteiger partial charge < -0.3 is 0 Å². The predicted octanol–water partition coefficient (Wildman–Crippen LogP) is 0.951. The monoisotopic (exact) mass is 257 g/mol. The quantitative estimate of drug-likeness (QED) is 0.740. The van der Waals surface area contributed by atoms with Gasteiger partial charge in [-0.3, -0.25) is 0 Å². The van der Waals surface area contributed by atoms with E-state index in [0.29, 0.717) is 32.0 Å². The SMILES string of the molecule is CC1CCN(S(=O)(=O)N2CCCC2C#N)CC1. The van der Waals surface area contributed by atoms with Crippen molar-refractivity contribution in [3.05, 3.63) is 0 Å². The van der Waals surface area contributed by atoms with Crippen LogP contribution in [0.25, 0.3) is 0 Å². The zero-order chi connectivity index (χ0) is 12.5. The van der Waals surface area contributed by atoms with Crippen LogP contribution in [0.4, 0.5) is 0 Å². The molecule has 0 saturated carbocycles. The number of rotatable bonds is 2. The first kappa shape index (κ1) is 12.8. The van der Waals surface area contributed by atoms with Crippen LogP contribution in [-0.4, -0.2) is 42.7 Å². The van der Waals surface area contributed by atoms with Gasteiger partial charge >= 0.3 is 0 Å². The Kier molecular flexibility index (Phi) is 3.71. The molecule has 0 aromatic carbocycles. The number of nitriles is 1. The topological polar surface area (TPSA) is 64.4 Å². The van der Waals surface area contributed by atoms with Crippen LogP contribution in [-0.2, 0) is 10.2 Å². The number of hydrogen-bond acceptors (Lipinski definition) is 3. The fourth-order valence-electron chi connectivity index (χ4n) is 2.51. The molecule has 2 saturated heterocycles. The number of hydrogen-bond donors (Lipinski definition) is 0. The van der Waals surface area contributed by atoms with Crippen molar-refractivity contribution in [2.45, 2.75) is 38.6 Å². The summed E-state index contributed by atoms with van der Waals surface area (Å²) >= 11 is 0. The van der Waals surface area contributed by atoms with Gasteiger partial charge in [0.1, 0.15) is 6.04 Å². The third-order valence-corrected chi connectivity index (χ3v) is 5.77.